The van der Waals surface area contributed by atoms with Gasteiger partial charge in [-0.05, 0) is 32.4 Å². The number of likely N-dealkylation sites (N-methyl/N-ethyl adjacent to an activating group) is 1. The molecule has 1 saturated carbocycles. The molecule has 0 bridgehead atoms. The van der Waals surface area contributed by atoms with Crippen molar-refractivity contribution in [3.63, 3.8) is 0 Å². The lowest BCUT2D eigenvalue weighted by Crippen LogP contribution is -2.44. The fourth-order valence-electron chi connectivity index (χ4n) is 2.27. The number of nitrogens with zero attached hydrogens (tertiary/aromatic N) is 1. The first-order valence-corrected chi connectivity index (χ1v) is 5.29. The minimum Gasteiger partial charge on any atom is -0.326 e. The van der Waals surface area contributed by atoms with Gasteiger partial charge in [0.05, 0.1) is 0 Å². The monoisotopic (exact) mass is 170 g/mol. The van der Waals surface area contributed by atoms with E-state index in [4.69, 9.17) is 5.73 Å². The molecule has 1 fully saturated rings. The van der Waals surface area contributed by atoms with E-state index in [2.05, 4.69) is 18.7 Å². The molecule has 0 radical (unpaired) electrons. The number of nitrogens with two attached hydrogens (primary N) is 1. The standard InChI is InChI=1S/C10H22N2/c1-3-8-12(4-2)10-7-5-6-9(10)11/h9-10H,3-8,11H2,1-2H3. The van der Waals surface area contributed by atoms with Crippen molar-refractivity contribution in [3.8, 4) is 0 Å². The van der Waals surface area contributed by atoms with Crippen molar-refractivity contribution < 1.29 is 0 Å². The van der Waals surface area contributed by atoms with Crippen LogP contribution in [0.4, 0.5) is 0 Å². The number of rotatable bonds is 4. The third-order valence-corrected chi connectivity index (χ3v) is 2.92. The average Bonchev–Trinajstić information content (AvgIpc) is 2.47. The molecule has 0 saturated heterocycles. The minimum atomic E-state index is 0.441. The van der Waals surface area contributed by atoms with Crippen LogP contribution >= 0.6 is 0 Å². The molecule has 12 heavy (non-hydrogen) atoms. The molecule has 2 N–H and O–H groups in total. The normalized spacial score (nSPS) is 30.0. The Balaban J connectivity index is 2.41. The Morgan fingerprint density at radius 3 is 2.50 bits per heavy atom. The van der Waals surface area contributed by atoms with Crippen molar-refractivity contribution in [3.05, 3.63) is 0 Å². The quantitative estimate of drug-likeness (QED) is 0.694. The van der Waals surface area contributed by atoms with Crippen LogP contribution in [0.3, 0.4) is 0 Å². The van der Waals surface area contributed by atoms with Gasteiger partial charge in [0.2, 0.25) is 0 Å². The molecule has 0 heterocycles. The van der Waals surface area contributed by atoms with Crippen LogP contribution in [-0.4, -0.2) is 30.1 Å². The topological polar surface area (TPSA) is 29.3 Å². The molecule has 2 unspecified atom stereocenters. The summed E-state index contributed by atoms with van der Waals surface area (Å²) in [5.41, 5.74) is 6.04. The van der Waals surface area contributed by atoms with Gasteiger partial charge in [0.1, 0.15) is 0 Å². The van der Waals surface area contributed by atoms with Gasteiger partial charge in [0.25, 0.3) is 0 Å². The third kappa shape index (κ3) is 2.20. The van der Waals surface area contributed by atoms with E-state index in [-0.39, 0.29) is 0 Å². The molecule has 72 valence electrons. The Morgan fingerprint density at radius 1 is 1.33 bits per heavy atom. The van der Waals surface area contributed by atoms with Crippen LogP contribution in [0.15, 0.2) is 0 Å². The van der Waals surface area contributed by atoms with E-state index in [1.165, 1.54) is 32.2 Å². The van der Waals surface area contributed by atoms with Gasteiger partial charge in [-0.25, -0.2) is 0 Å². The van der Waals surface area contributed by atoms with E-state index >= 15 is 0 Å². The van der Waals surface area contributed by atoms with E-state index in [0.29, 0.717) is 12.1 Å². The Labute approximate surface area is 76.1 Å². The molecule has 1 aliphatic rings. The molecule has 0 spiro atoms. The molecule has 0 aromatic heterocycles. The third-order valence-electron chi connectivity index (χ3n) is 2.92. The van der Waals surface area contributed by atoms with Crippen molar-refractivity contribution in [1.29, 1.82) is 0 Å². The summed E-state index contributed by atoms with van der Waals surface area (Å²) in [6.45, 7) is 6.85. The van der Waals surface area contributed by atoms with Gasteiger partial charge in [0.15, 0.2) is 0 Å². The lowest BCUT2D eigenvalue weighted by atomic mass is 10.1. The molecule has 1 rings (SSSR count). The van der Waals surface area contributed by atoms with Gasteiger partial charge in [-0.3, -0.25) is 4.90 Å². The lowest BCUT2D eigenvalue weighted by Gasteiger charge is -2.30. The molecule has 2 atom stereocenters. The first-order chi connectivity index (χ1) is 5.79. The predicted octanol–water partition coefficient (Wildman–Crippen LogP) is 1.60. The molecule has 0 aromatic carbocycles. The zero-order valence-corrected chi connectivity index (χ0v) is 8.42. The fraction of sp³-hybridized carbons (Fsp3) is 1.00. The van der Waals surface area contributed by atoms with E-state index in [0.717, 1.165) is 6.54 Å². The molecule has 0 aromatic rings. The van der Waals surface area contributed by atoms with Crippen molar-refractivity contribution in [2.24, 2.45) is 5.73 Å². The van der Waals surface area contributed by atoms with Crippen molar-refractivity contribution in [2.45, 2.75) is 51.6 Å². The molecular weight excluding hydrogens is 148 g/mol. The second-order valence-electron chi connectivity index (χ2n) is 3.79. The Bertz CT molecular complexity index is 125. The summed E-state index contributed by atoms with van der Waals surface area (Å²) in [6, 6.07) is 1.12. The first-order valence-electron chi connectivity index (χ1n) is 5.29. The number of hydrogen-bond acceptors (Lipinski definition) is 2. The molecule has 2 heteroatoms. The summed E-state index contributed by atoms with van der Waals surface area (Å²) in [6.07, 6.45) is 5.11. The van der Waals surface area contributed by atoms with Gasteiger partial charge in [-0.1, -0.05) is 20.3 Å². The highest BCUT2D eigenvalue weighted by molar-refractivity contribution is 4.87. The smallest absolute Gasteiger partial charge is 0.0247 e. The van der Waals surface area contributed by atoms with Gasteiger partial charge in [0, 0.05) is 12.1 Å². The minimum absolute atomic E-state index is 0.441. The van der Waals surface area contributed by atoms with Crippen LogP contribution in [0.5, 0.6) is 0 Å². The van der Waals surface area contributed by atoms with Gasteiger partial charge >= 0.3 is 0 Å². The SMILES string of the molecule is CCCN(CC)C1CCCC1N. The Morgan fingerprint density at radius 2 is 2.08 bits per heavy atom. The van der Waals surface area contributed by atoms with E-state index in [9.17, 15) is 0 Å². The molecule has 0 aliphatic heterocycles. The molecule has 2 nitrogen and oxygen atoms in total. The summed E-state index contributed by atoms with van der Waals surface area (Å²) in [4.78, 5) is 2.54. The molecule has 1 aliphatic carbocycles. The highest BCUT2D eigenvalue weighted by Crippen LogP contribution is 2.22. The zero-order valence-electron chi connectivity index (χ0n) is 8.42. The van der Waals surface area contributed by atoms with Crippen LogP contribution in [0.2, 0.25) is 0 Å². The van der Waals surface area contributed by atoms with Crippen molar-refractivity contribution >= 4 is 0 Å². The zero-order chi connectivity index (χ0) is 8.97. The van der Waals surface area contributed by atoms with Crippen molar-refractivity contribution in [1.82, 2.24) is 4.90 Å². The fourth-order valence-corrected chi connectivity index (χ4v) is 2.27. The predicted molar refractivity (Wildman–Crippen MR) is 53.2 cm³/mol. The average molecular weight is 170 g/mol. The maximum absolute atomic E-state index is 6.04. The summed E-state index contributed by atoms with van der Waals surface area (Å²) in [5, 5.41) is 0. The maximum atomic E-state index is 6.04. The van der Waals surface area contributed by atoms with Gasteiger partial charge in [-0.15, -0.1) is 0 Å². The second kappa shape index (κ2) is 4.83. The van der Waals surface area contributed by atoms with E-state index < -0.39 is 0 Å². The highest BCUT2D eigenvalue weighted by atomic mass is 15.2. The van der Waals surface area contributed by atoms with Gasteiger partial charge in [-0.2, -0.15) is 0 Å². The first kappa shape index (κ1) is 10.0. The summed E-state index contributed by atoms with van der Waals surface area (Å²) in [7, 11) is 0. The maximum Gasteiger partial charge on any atom is 0.0247 e. The van der Waals surface area contributed by atoms with Crippen LogP contribution in [0, 0.1) is 0 Å². The Hall–Kier alpha value is -0.0800. The summed E-state index contributed by atoms with van der Waals surface area (Å²) < 4.78 is 0. The number of hydrogen-bond donors (Lipinski definition) is 1. The van der Waals surface area contributed by atoms with Crippen LogP contribution in [-0.2, 0) is 0 Å². The lowest BCUT2D eigenvalue weighted by molar-refractivity contribution is 0.195. The second-order valence-corrected chi connectivity index (χ2v) is 3.79. The van der Waals surface area contributed by atoms with Crippen LogP contribution in [0.25, 0.3) is 0 Å². The largest absolute Gasteiger partial charge is 0.326 e. The van der Waals surface area contributed by atoms with Crippen LogP contribution in [0.1, 0.15) is 39.5 Å². The Kier molecular flexibility index (Phi) is 4.02. The summed E-state index contributed by atoms with van der Waals surface area (Å²) >= 11 is 0. The van der Waals surface area contributed by atoms with Crippen molar-refractivity contribution in [2.75, 3.05) is 13.1 Å². The van der Waals surface area contributed by atoms with E-state index in [1.54, 1.807) is 0 Å². The van der Waals surface area contributed by atoms with E-state index in [1.807, 2.05) is 0 Å². The van der Waals surface area contributed by atoms with Gasteiger partial charge < -0.3 is 5.73 Å². The molecular formula is C10H22N2. The summed E-state index contributed by atoms with van der Waals surface area (Å²) in [5.74, 6) is 0. The highest BCUT2D eigenvalue weighted by Gasteiger charge is 2.27. The molecule has 0 amide bonds. The van der Waals surface area contributed by atoms with Crippen LogP contribution < -0.4 is 5.73 Å².